The van der Waals surface area contributed by atoms with Gasteiger partial charge in [0.1, 0.15) is 20.2 Å². The average molecular weight is 513 g/mol. The van der Waals surface area contributed by atoms with Crippen LogP contribution in [0.25, 0.3) is 20.4 Å². The lowest BCUT2D eigenvalue weighted by atomic mass is 10.3. The Labute approximate surface area is 190 Å². The number of aryl methyl sites for hydroxylation is 2. The van der Waals surface area contributed by atoms with Crippen LogP contribution in [0, 0.1) is 0 Å². The summed E-state index contributed by atoms with van der Waals surface area (Å²) < 4.78 is 72.9. The predicted molar refractivity (Wildman–Crippen MR) is 118 cm³/mol. The van der Waals surface area contributed by atoms with Crippen molar-refractivity contribution in [2.24, 2.45) is 10.2 Å². The highest BCUT2D eigenvalue weighted by atomic mass is 32.2. The minimum Gasteiger partial charge on any atom is -0.744 e. The van der Waals surface area contributed by atoms with Crippen LogP contribution in [0.4, 0.5) is 0 Å². The third kappa shape index (κ3) is 4.16. The van der Waals surface area contributed by atoms with Crippen molar-refractivity contribution in [2.75, 3.05) is 0 Å². The van der Waals surface area contributed by atoms with Crippen LogP contribution in [0.3, 0.4) is 0 Å². The SMILES string of the molecule is CCn1c(=NN=c2sc3cc(S(=O)(=O)[O-])ccc3n2CC)sc2cc(S(=O)(=O)[O-])ccc21. The number of hydrogen-bond donors (Lipinski definition) is 0. The molecule has 14 heteroatoms. The number of fused-ring (bicyclic) bond motifs is 2. The zero-order valence-electron chi connectivity index (χ0n) is 16.7. The number of aromatic nitrogens is 2. The molecular weight excluding hydrogens is 496 g/mol. The summed E-state index contributed by atoms with van der Waals surface area (Å²) in [5, 5.41) is 8.68. The first-order valence-corrected chi connectivity index (χ1v) is 13.7. The molecule has 0 fully saturated rings. The number of benzene rings is 2. The van der Waals surface area contributed by atoms with Gasteiger partial charge in [-0.25, -0.2) is 16.8 Å². The summed E-state index contributed by atoms with van der Waals surface area (Å²) in [6, 6.07) is 8.31. The Morgan fingerprint density at radius 3 is 1.44 bits per heavy atom. The number of nitrogens with zero attached hydrogens (tertiary/aromatic N) is 4. The van der Waals surface area contributed by atoms with Crippen molar-refractivity contribution < 1.29 is 25.9 Å². The average Bonchev–Trinajstić information content (AvgIpc) is 3.26. The molecule has 32 heavy (non-hydrogen) atoms. The Morgan fingerprint density at radius 2 is 1.12 bits per heavy atom. The van der Waals surface area contributed by atoms with Crippen molar-refractivity contribution >= 4 is 63.3 Å². The molecule has 170 valence electrons. The summed E-state index contributed by atoms with van der Waals surface area (Å²) in [7, 11) is -9.14. The van der Waals surface area contributed by atoms with Crippen LogP contribution >= 0.6 is 22.7 Å². The van der Waals surface area contributed by atoms with Crippen LogP contribution in [-0.4, -0.2) is 35.1 Å². The van der Waals surface area contributed by atoms with Gasteiger partial charge in [0.25, 0.3) is 0 Å². The summed E-state index contributed by atoms with van der Waals surface area (Å²) in [6.07, 6.45) is 0. The van der Waals surface area contributed by atoms with E-state index in [4.69, 9.17) is 0 Å². The fraction of sp³-hybridized carbons (Fsp3) is 0.222. The highest BCUT2D eigenvalue weighted by Gasteiger charge is 2.10. The monoisotopic (exact) mass is 512 g/mol. The number of hydrogen-bond acceptors (Lipinski definition) is 10. The van der Waals surface area contributed by atoms with Gasteiger partial charge in [-0.3, -0.25) is 0 Å². The minimum atomic E-state index is -4.57. The maximum atomic E-state index is 11.3. The standard InChI is InChI=1S/C18H18N4O6S4/c1-3-21-13-7-5-11(31(23,24)25)9-15(13)29-17(21)19-20-18-22(4-2)14-8-6-12(32(26,27)28)10-16(14)30-18/h5-10H,3-4H2,1-2H3,(H,23,24,25)(H,26,27,28)/p-2. The molecule has 2 aromatic heterocycles. The van der Waals surface area contributed by atoms with Crippen LogP contribution in [0.1, 0.15) is 13.8 Å². The van der Waals surface area contributed by atoms with Gasteiger partial charge < -0.3 is 18.2 Å². The van der Waals surface area contributed by atoms with E-state index in [2.05, 4.69) is 10.2 Å². The van der Waals surface area contributed by atoms with Crippen LogP contribution < -0.4 is 9.60 Å². The first-order valence-electron chi connectivity index (χ1n) is 9.29. The van der Waals surface area contributed by atoms with Crippen LogP contribution in [0.15, 0.2) is 56.4 Å². The van der Waals surface area contributed by atoms with Crippen molar-refractivity contribution in [3.63, 3.8) is 0 Å². The molecule has 0 aliphatic carbocycles. The Morgan fingerprint density at radius 1 is 0.750 bits per heavy atom. The van der Waals surface area contributed by atoms with E-state index in [1.807, 2.05) is 23.0 Å². The van der Waals surface area contributed by atoms with Crippen LogP contribution in [0.2, 0.25) is 0 Å². The topological polar surface area (TPSA) is 149 Å². The second-order valence-electron chi connectivity index (χ2n) is 6.63. The zero-order valence-corrected chi connectivity index (χ0v) is 20.0. The molecule has 0 aliphatic heterocycles. The first kappa shape index (κ1) is 22.8. The normalized spacial score (nSPS) is 14.1. The third-order valence-corrected chi connectivity index (χ3v) is 8.46. The molecule has 0 unspecified atom stereocenters. The van der Waals surface area contributed by atoms with Gasteiger partial charge in [0.2, 0.25) is 9.60 Å². The molecular formula is C18H16N4O6S4-2. The quantitative estimate of drug-likeness (QED) is 0.295. The van der Waals surface area contributed by atoms with Gasteiger partial charge in [-0.05, 0) is 50.2 Å². The largest absolute Gasteiger partial charge is 0.744 e. The Kier molecular flexibility index (Phi) is 5.85. The molecule has 0 spiro atoms. The summed E-state index contributed by atoms with van der Waals surface area (Å²) in [5.74, 6) is 0. The van der Waals surface area contributed by atoms with E-state index >= 15 is 0 Å². The van der Waals surface area contributed by atoms with Crippen molar-refractivity contribution in [1.82, 2.24) is 9.13 Å². The van der Waals surface area contributed by atoms with Gasteiger partial charge >= 0.3 is 0 Å². The van der Waals surface area contributed by atoms with Crippen LogP contribution in [-0.2, 0) is 33.3 Å². The van der Waals surface area contributed by atoms with Crippen molar-refractivity contribution in [3.05, 3.63) is 46.0 Å². The van der Waals surface area contributed by atoms with Gasteiger partial charge in [-0.1, -0.05) is 22.7 Å². The fourth-order valence-electron chi connectivity index (χ4n) is 3.27. The predicted octanol–water partition coefficient (Wildman–Crippen LogP) is 1.98. The van der Waals surface area contributed by atoms with Gasteiger partial charge in [0.05, 0.1) is 30.2 Å². The van der Waals surface area contributed by atoms with E-state index in [9.17, 15) is 25.9 Å². The Balaban J connectivity index is 1.93. The second-order valence-corrected chi connectivity index (χ2v) is 11.4. The van der Waals surface area contributed by atoms with E-state index < -0.39 is 20.2 Å². The summed E-state index contributed by atoms with van der Waals surface area (Å²) >= 11 is 2.40. The summed E-state index contributed by atoms with van der Waals surface area (Å²) in [4.78, 5) is 0.391. The molecule has 0 saturated carbocycles. The van der Waals surface area contributed by atoms with Gasteiger partial charge in [0.15, 0.2) is 0 Å². The second kappa shape index (κ2) is 8.20. The third-order valence-electron chi connectivity index (χ3n) is 4.74. The summed E-state index contributed by atoms with van der Waals surface area (Å²) in [6.45, 7) is 4.89. The maximum absolute atomic E-state index is 11.3. The van der Waals surface area contributed by atoms with Crippen LogP contribution in [0.5, 0.6) is 0 Å². The maximum Gasteiger partial charge on any atom is 0.211 e. The molecule has 4 rings (SSSR count). The van der Waals surface area contributed by atoms with E-state index in [0.29, 0.717) is 32.1 Å². The first-order chi connectivity index (χ1) is 15.0. The van der Waals surface area contributed by atoms with Crippen molar-refractivity contribution in [1.29, 1.82) is 0 Å². The molecule has 0 radical (unpaired) electrons. The molecule has 0 atom stereocenters. The Bertz CT molecular complexity index is 1580. The van der Waals surface area contributed by atoms with Crippen molar-refractivity contribution in [2.45, 2.75) is 36.7 Å². The molecule has 2 aromatic carbocycles. The lowest BCUT2D eigenvalue weighted by molar-refractivity contribution is 0.461. The Hall–Kier alpha value is -2.36. The molecule has 0 amide bonds. The molecule has 0 N–H and O–H groups in total. The van der Waals surface area contributed by atoms with E-state index in [1.165, 1.54) is 46.9 Å². The number of thiazole rings is 2. The molecule has 2 heterocycles. The van der Waals surface area contributed by atoms with E-state index in [-0.39, 0.29) is 9.79 Å². The molecule has 0 saturated heterocycles. The van der Waals surface area contributed by atoms with Gasteiger partial charge in [-0.15, -0.1) is 10.2 Å². The fourth-order valence-corrected chi connectivity index (χ4v) is 6.58. The molecule has 10 nitrogen and oxygen atoms in total. The van der Waals surface area contributed by atoms with E-state index in [0.717, 1.165) is 11.0 Å². The summed E-state index contributed by atoms with van der Waals surface area (Å²) in [5.41, 5.74) is 1.45. The minimum absolute atomic E-state index is 0.310. The zero-order chi connectivity index (χ0) is 23.3. The van der Waals surface area contributed by atoms with Gasteiger partial charge in [0, 0.05) is 13.1 Å². The van der Waals surface area contributed by atoms with Crippen molar-refractivity contribution in [3.8, 4) is 0 Å². The molecule has 0 bridgehead atoms. The van der Waals surface area contributed by atoms with E-state index in [1.54, 1.807) is 12.1 Å². The molecule has 0 aliphatic rings. The highest BCUT2D eigenvalue weighted by Crippen LogP contribution is 2.23. The van der Waals surface area contributed by atoms with Gasteiger partial charge in [-0.2, -0.15) is 0 Å². The smallest absolute Gasteiger partial charge is 0.211 e. The lowest BCUT2D eigenvalue weighted by Crippen LogP contribution is -2.16. The number of rotatable bonds is 5. The highest BCUT2D eigenvalue weighted by molar-refractivity contribution is 7.86. The lowest BCUT2D eigenvalue weighted by Gasteiger charge is -2.06. The molecule has 4 aromatic rings.